The van der Waals surface area contributed by atoms with Gasteiger partial charge in [-0.3, -0.25) is 0 Å². The third-order valence-electron chi connectivity index (χ3n) is 4.75. The molecular weight excluding hydrogens is 324 g/mol. The van der Waals surface area contributed by atoms with E-state index in [1.54, 1.807) is 26.3 Å². The number of hydrogen-bond acceptors (Lipinski definition) is 4. The minimum Gasteiger partial charge on any atom is -0.383 e. The van der Waals surface area contributed by atoms with Gasteiger partial charge in [-0.15, -0.1) is 0 Å². The smallest absolute Gasteiger partial charge is 0.242 e. The quantitative estimate of drug-likeness (QED) is 0.719. The van der Waals surface area contributed by atoms with Gasteiger partial charge in [0.15, 0.2) is 0 Å². The lowest BCUT2D eigenvalue weighted by atomic mass is 10.0. The highest BCUT2D eigenvalue weighted by molar-refractivity contribution is 7.89. The van der Waals surface area contributed by atoms with Gasteiger partial charge < -0.3 is 9.64 Å². The van der Waals surface area contributed by atoms with Crippen LogP contribution in [0.2, 0.25) is 0 Å². The molecule has 1 aliphatic rings. The molecule has 0 bridgehead atoms. The Morgan fingerprint density at radius 1 is 1.29 bits per heavy atom. The maximum atomic E-state index is 12.7. The molecule has 1 saturated heterocycles. The fourth-order valence-corrected chi connectivity index (χ4v) is 4.40. The van der Waals surface area contributed by atoms with Crippen molar-refractivity contribution in [1.82, 2.24) is 9.21 Å². The number of nitrogens with zero attached hydrogens (tertiary/aromatic N) is 2. The molecule has 136 valence electrons. The summed E-state index contributed by atoms with van der Waals surface area (Å²) in [6.07, 6.45) is 1.04. The maximum absolute atomic E-state index is 12.7. The molecule has 0 spiro atoms. The van der Waals surface area contributed by atoms with Crippen LogP contribution >= 0.6 is 0 Å². The third-order valence-corrected chi connectivity index (χ3v) is 6.59. The molecule has 1 aliphatic heterocycles. The standard InChI is InChI=1S/C18H30N2O3S/c1-15(2)17-5-7-18(8-6-17)24(21,22)19(3)13-16-9-10-20(14-16)11-12-23-4/h5-8,15-16H,9-14H2,1-4H3/t16-/m1/s1. The minimum absolute atomic E-state index is 0.378. The van der Waals surface area contributed by atoms with Gasteiger partial charge in [0.1, 0.15) is 0 Å². The van der Waals surface area contributed by atoms with Crippen molar-refractivity contribution in [3.05, 3.63) is 29.8 Å². The second-order valence-electron chi connectivity index (χ2n) is 6.96. The number of benzene rings is 1. The van der Waals surface area contributed by atoms with Crippen molar-refractivity contribution in [2.45, 2.75) is 31.1 Å². The van der Waals surface area contributed by atoms with Crippen molar-refractivity contribution in [2.24, 2.45) is 5.92 Å². The van der Waals surface area contributed by atoms with E-state index in [2.05, 4.69) is 18.7 Å². The van der Waals surface area contributed by atoms with E-state index in [4.69, 9.17) is 4.74 Å². The normalized spacial score (nSPS) is 19.5. The summed E-state index contributed by atoms with van der Waals surface area (Å²) in [4.78, 5) is 2.72. The summed E-state index contributed by atoms with van der Waals surface area (Å²) in [6.45, 7) is 8.37. The zero-order valence-corrected chi connectivity index (χ0v) is 16.1. The van der Waals surface area contributed by atoms with Gasteiger partial charge in [-0.2, -0.15) is 0 Å². The van der Waals surface area contributed by atoms with E-state index in [1.165, 1.54) is 4.31 Å². The van der Waals surface area contributed by atoms with Crippen molar-refractivity contribution in [2.75, 3.05) is 46.9 Å². The summed E-state index contributed by atoms with van der Waals surface area (Å²) in [5.41, 5.74) is 1.15. The molecule has 0 radical (unpaired) electrons. The van der Waals surface area contributed by atoms with Crippen molar-refractivity contribution in [1.29, 1.82) is 0 Å². The van der Waals surface area contributed by atoms with Crippen LogP contribution in [0.5, 0.6) is 0 Å². The topological polar surface area (TPSA) is 49.9 Å². The molecule has 0 N–H and O–H groups in total. The van der Waals surface area contributed by atoms with Gasteiger partial charge in [-0.05, 0) is 42.5 Å². The van der Waals surface area contributed by atoms with Crippen LogP contribution in [0, 0.1) is 5.92 Å². The summed E-state index contributed by atoms with van der Waals surface area (Å²) >= 11 is 0. The van der Waals surface area contributed by atoms with Crippen LogP contribution in [-0.2, 0) is 14.8 Å². The fraction of sp³-hybridized carbons (Fsp3) is 0.667. The van der Waals surface area contributed by atoms with Crippen molar-refractivity contribution in [3.63, 3.8) is 0 Å². The highest BCUT2D eigenvalue weighted by Crippen LogP contribution is 2.22. The Morgan fingerprint density at radius 2 is 1.96 bits per heavy atom. The lowest BCUT2D eigenvalue weighted by molar-refractivity contribution is 0.158. The molecule has 0 amide bonds. The predicted octanol–water partition coefficient (Wildman–Crippen LogP) is 2.40. The molecule has 0 aliphatic carbocycles. The number of rotatable bonds is 8. The molecule has 6 heteroatoms. The zero-order chi connectivity index (χ0) is 17.7. The third kappa shape index (κ3) is 4.79. The monoisotopic (exact) mass is 354 g/mol. The minimum atomic E-state index is -3.41. The van der Waals surface area contributed by atoms with Crippen LogP contribution in [0.1, 0.15) is 31.7 Å². The molecule has 0 aromatic heterocycles. The zero-order valence-electron chi connectivity index (χ0n) is 15.2. The summed E-state index contributed by atoms with van der Waals surface area (Å²) in [5.74, 6) is 0.785. The average molecular weight is 355 g/mol. The first-order valence-electron chi connectivity index (χ1n) is 8.62. The highest BCUT2D eigenvalue weighted by Gasteiger charge is 2.28. The molecule has 1 aromatic carbocycles. The fourth-order valence-electron chi connectivity index (χ4n) is 3.15. The molecule has 0 saturated carbocycles. The van der Waals surface area contributed by atoms with E-state index in [9.17, 15) is 8.42 Å². The van der Waals surface area contributed by atoms with Crippen LogP contribution < -0.4 is 0 Å². The van der Waals surface area contributed by atoms with Crippen LogP contribution in [0.3, 0.4) is 0 Å². The van der Waals surface area contributed by atoms with Crippen LogP contribution in [-0.4, -0.2) is 64.6 Å². The van der Waals surface area contributed by atoms with Crippen molar-refractivity contribution in [3.8, 4) is 0 Å². The van der Waals surface area contributed by atoms with E-state index in [0.717, 1.165) is 38.2 Å². The summed E-state index contributed by atoms with van der Waals surface area (Å²) in [5, 5.41) is 0. The van der Waals surface area contributed by atoms with Crippen molar-refractivity contribution < 1.29 is 13.2 Å². The van der Waals surface area contributed by atoms with Gasteiger partial charge in [-0.25, -0.2) is 12.7 Å². The summed E-state index contributed by atoms with van der Waals surface area (Å²) in [7, 11) is -0.0224. The van der Waals surface area contributed by atoms with E-state index < -0.39 is 10.0 Å². The molecule has 1 fully saturated rings. The van der Waals surface area contributed by atoms with E-state index in [0.29, 0.717) is 23.3 Å². The maximum Gasteiger partial charge on any atom is 0.242 e. The number of sulfonamides is 1. The van der Waals surface area contributed by atoms with Crippen molar-refractivity contribution >= 4 is 10.0 Å². The first kappa shape index (κ1) is 19.4. The average Bonchev–Trinajstić information content (AvgIpc) is 3.00. The Kier molecular flexibility index (Phi) is 6.80. The molecule has 1 atom stereocenters. The van der Waals surface area contributed by atoms with Gasteiger partial charge in [0, 0.05) is 33.8 Å². The van der Waals surface area contributed by atoms with Crippen LogP contribution in [0.4, 0.5) is 0 Å². The summed E-state index contributed by atoms with van der Waals surface area (Å²) in [6, 6.07) is 7.27. The van der Waals surface area contributed by atoms with Gasteiger partial charge in [0.2, 0.25) is 10.0 Å². The number of likely N-dealkylation sites (tertiary alicyclic amines) is 1. The van der Waals surface area contributed by atoms with Gasteiger partial charge in [-0.1, -0.05) is 26.0 Å². The molecule has 0 unspecified atom stereocenters. The second-order valence-corrected chi connectivity index (χ2v) is 9.00. The van der Waals surface area contributed by atoms with Gasteiger partial charge in [0.25, 0.3) is 0 Å². The molecule has 5 nitrogen and oxygen atoms in total. The Balaban J connectivity index is 1.97. The van der Waals surface area contributed by atoms with Crippen LogP contribution in [0.15, 0.2) is 29.2 Å². The molecule has 1 aromatic rings. The molecule has 24 heavy (non-hydrogen) atoms. The van der Waals surface area contributed by atoms with E-state index in [-0.39, 0.29) is 0 Å². The number of ether oxygens (including phenoxy) is 1. The number of hydrogen-bond donors (Lipinski definition) is 0. The number of methoxy groups -OCH3 is 1. The SMILES string of the molecule is COCCN1CC[C@H](CN(C)S(=O)(=O)c2ccc(C(C)C)cc2)C1. The first-order chi connectivity index (χ1) is 11.3. The summed E-state index contributed by atoms with van der Waals surface area (Å²) < 4.78 is 32.1. The molecule has 2 rings (SSSR count). The van der Waals surface area contributed by atoms with Gasteiger partial charge in [0.05, 0.1) is 11.5 Å². The Morgan fingerprint density at radius 3 is 2.54 bits per heavy atom. The first-order valence-corrected chi connectivity index (χ1v) is 10.1. The highest BCUT2D eigenvalue weighted by atomic mass is 32.2. The van der Waals surface area contributed by atoms with E-state index >= 15 is 0 Å². The van der Waals surface area contributed by atoms with Gasteiger partial charge >= 0.3 is 0 Å². The lowest BCUT2D eigenvalue weighted by Gasteiger charge is -2.22. The predicted molar refractivity (Wildman–Crippen MR) is 96.8 cm³/mol. The second kappa shape index (κ2) is 8.43. The van der Waals surface area contributed by atoms with Crippen LogP contribution in [0.25, 0.3) is 0 Å². The largest absolute Gasteiger partial charge is 0.383 e. The Hall–Kier alpha value is -0.950. The lowest BCUT2D eigenvalue weighted by Crippen LogP contribution is -2.33. The molecular formula is C18H30N2O3S. The Labute approximate surface area is 146 Å². The van der Waals surface area contributed by atoms with E-state index in [1.807, 2.05) is 12.1 Å². The molecule has 1 heterocycles. The Bertz CT molecular complexity index is 614.